The van der Waals surface area contributed by atoms with Gasteiger partial charge in [0.2, 0.25) is 0 Å². The number of benzene rings is 1. The second kappa shape index (κ2) is 8.45. The maximum Gasteiger partial charge on any atom is 0.188 e. The molecular formula is C20H24F2N4OS. The van der Waals surface area contributed by atoms with Crippen LogP contribution in [0.2, 0.25) is 0 Å². The Morgan fingerprint density at radius 2 is 1.93 bits per heavy atom. The summed E-state index contributed by atoms with van der Waals surface area (Å²) in [4.78, 5) is 9.05. The molecule has 3 aromatic rings. The molecule has 1 atom stereocenters. The van der Waals surface area contributed by atoms with Gasteiger partial charge in [0.15, 0.2) is 16.5 Å². The Balaban J connectivity index is 1.72. The van der Waals surface area contributed by atoms with Gasteiger partial charge in [-0.2, -0.15) is 0 Å². The second-order valence-corrected chi connectivity index (χ2v) is 8.31. The summed E-state index contributed by atoms with van der Waals surface area (Å²) < 4.78 is 41.2. The van der Waals surface area contributed by atoms with Crippen molar-refractivity contribution in [1.29, 1.82) is 0 Å². The van der Waals surface area contributed by atoms with Crippen molar-refractivity contribution in [3.63, 3.8) is 0 Å². The number of aryl methyl sites for hydroxylation is 4. The number of fused-ring (bicyclic) bond motifs is 1. The lowest BCUT2D eigenvalue weighted by atomic mass is 10.2. The van der Waals surface area contributed by atoms with Crippen LogP contribution in [-0.4, -0.2) is 24.8 Å². The highest BCUT2D eigenvalue weighted by atomic mass is 32.2. The van der Waals surface area contributed by atoms with Gasteiger partial charge in [-0.25, -0.2) is 18.7 Å². The van der Waals surface area contributed by atoms with Gasteiger partial charge in [0.25, 0.3) is 0 Å². The number of halogens is 2. The fourth-order valence-corrected chi connectivity index (χ4v) is 4.51. The van der Waals surface area contributed by atoms with E-state index in [0.29, 0.717) is 24.5 Å². The lowest BCUT2D eigenvalue weighted by Gasteiger charge is -2.13. The number of nitrogens with zero attached hydrogens (tertiary/aromatic N) is 3. The standard InChI is InChI=1S/C20H24F2N4OS/c1-4-17-25-18-19(12(2)13(3)24-20(18)23)26(17)9-5-6-10-28(27)16-8-7-14(21)11-15(16)22/h7-8,11H,4-6,9-10H2,1-3H3,(H2,23,24). The lowest BCUT2D eigenvalue weighted by Crippen LogP contribution is -2.11. The Morgan fingerprint density at radius 3 is 2.61 bits per heavy atom. The van der Waals surface area contributed by atoms with Crippen LogP contribution in [-0.2, 0) is 24.1 Å². The molecule has 0 aliphatic carbocycles. The van der Waals surface area contributed by atoms with Crippen molar-refractivity contribution < 1.29 is 13.3 Å². The molecule has 28 heavy (non-hydrogen) atoms. The van der Waals surface area contributed by atoms with Crippen LogP contribution in [0, 0.1) is 25.5 Å². The Bertz CT molecular complexity index is 1010. The molecule has 0 aliphatic heterocycles. The van der Waals surface area contributed by atoms with Crippen molar-refractivity contribution in [1.82, 2.24) is 14.5 Å². The molecule has 0 radical (unpaired) electrons. The van der Waals surface area contributed by atoms with Crippen molar-refractivity contribution >= 4 is 28.0 Å². The van der Waals surface area contributed by atoms with Gasteiger partial charge in [0.1, 0.15) is 22.9 Å². The Kier molecular flexibility index (Phi) is 6.20. The van der Waals surface area contributed by atoms with E-state index in [9.17, 15) is 13.3 Å². The average molecular weight is 407 g/mol. The maximum absolute atomic E-state index is 13.8. The molecule has 0 spiro atoms. The summed E-state index contributed by atoms with van der Waals surface area (Å²) in [7, 11) is 0. The summed E-state index contributed by atoms with van der Waals surface area (Å²) >= 11 is -1.49. The molecule has 0 saturated heterocycles. The number of hydrogen-bond donors (Lipinski definition) is 1. The molecule has 150 valence electrons. The smallest absolute Gasteiger partial charge is 0.188 e. The quantitative estimate of drug-likeness (QED) is 0.474. The fourth-order valence-electron chi connectivity index (χ4n) is 3.33. The SMILES string of the molecule is CCc1nc2c(N)nc(C)c(C)c2n1CCCC[S+]([O-])c1ccc(F)cc1F. The molecule has 0 aliphatic rings. The van der Waals surface area contributed by atoms with Crippen LogP contribution in [0.4, 0.5) is 14.6 Å². The van der Waals surface area contributed by atoms with Crippen molar-refractivity contribution in [2.24, 2.45) is 0 Å². The third-order valence-corrected chi connectivity index (χ3v) is 6.37. The minimum absolute atomic E-state index is 0.0500. The van der Waals surface area contributed by atoms with Gasteiger partial charge in [-0.05, 0) is 55.6 Å². The van der Waals surface area contributed by atoms with Crippen LogP contribution in [0.15, 0.2) is 23.1 Å². The number of imidazole rings is 1. The van der Waals surface area contributed by atoms with E-state index in [4.69, 9.17) is 5.73 Å². The highest BCUT2D eigenvalue weighted by Crippen LogP contribution is 2.27. The Labute approximate surface area is 166 Å². The number of rotatable bonds is 7. The van der Waals surface area contributed by atoms with Gasteiger partial charge in [0.05, 0.1) is 5.52 Å². The van der Waals surface area contributed by atoms with Gasteiger partial charge < -0.3 is 14.9 Å². The Morgan fingerprint density at radius 1 is 1.18 bits per heavy atom. The zero-order valence-electron chi connectivity index (χ0n) is 16.3. The van der Waals surface area contributed by atoms with Crippen molar-refractivity contribution in [2.45, 2.75) is 51.5 Å². The molecule has 3 rings (SSSR count). The second-order valence-electron chi connectivity index (χ2n) is 6.77. The zero-order chi connectivity index (χ0) is 20.4. The van der Waals surface area contributed by atoms with Crippen LogP contribution in [0.25, 0.3) is 11.0 Å². The molecule has 0 saturated carbocycles. The number of nitrogen functional groups attached to an aromatic ring is 1. The minimum Gasteiger partial charge on any atom is -0.611 e. The monoisotopic (exact) mass is 406 g/mol. The topological polar surface area (TPSA) is 79.8 Å². The summed E-state index contributed by atoms with van der Waals surface area (Å²) in [5.41, 5.74) is 9.70. The van der Waals surface area contributed by atoms with Crippen molar-refractivity contribution in [3.05, 3.63) is 46.9 Å². The Hall–Kier alpha value is -2.19. The number of unbranched alkanes of at least 4 members (excludes halogenated alkanes) is 1. The normalized spacial score (nSPS) is 12.6. The predicted octanol–water partition coefficient (Wildman–Crippen LogP) is 4.06. The van der Waals surface area contributed by atoms with Crippen molar-refractivity contribution in [2.75, 3.05) is 11.5 Å². The third-order valence-electron chi connectivity index (χ3n) is 4.89. The highest BCUT2D eigenvalue weighted by Gasteiger charge is 2.19. The third kappa shape index (κ3) is 3.98. The van der Waals surface area contributed by atoms with E-state index in [1.54, 1.807) is 0 Å². The number of anilines is 1. The van der Waals surface area contributed by atoms with Gasteiger partial charge in [0, 0.05) is 24.7 Å². The summed E-state index contributed by atoms with van der Waals surface area (Å²) in [6.45, 7) is 6.67. The zero-order valence-corrected chi connectivity index (χ0v) is 17.1. The largest absolute Gasteiger partial charge is 0.611 e. The van der Waals surface area contributed by atoms with Crippen LogP contribution in [0.1, 0.15) is 36.8 Å². The van der Waals surface area contributed by atoms with E-state index in [1.165, 1.54) is 6.07 Å². The van der Waals surface area contributed by atoms with Crippen LogP contribution in [0.5, 0.6) is 0 Å². The molecule has 2 N–H and O–H groups in total. The molecule has 0 fully saturated rings. The number of aromatic nitrogens is 3. The molecule has 0 amide bonds. The number of pyridine rings is 1. The van der Waals surface area contributed by atoms with E-state index >= 15 is 0 Å². The van der Waals surface area contributed by atoms with Crippen LogP contribution >= 0.6 is 0 Å². The van der Waals surface area contributed by atoms with E-state index in [-0.39, 0.29) is 4.90 Å². The van der Waals surface area contributed by atoms with Gasteiger partial charge in [-0.15, -0.1) is 0 Å². The van der Waals surface area contributed by atoms with E-state index < -0.39 is 22.8 Å². The number of hydrogen-bond acceptors (Lipinski definition) is 4. The lowest BCUT2D eigenvalue weighted by molar-refractivity contribution is 0.545. The summed E-state index contributed by atoms with van der Waals surface area (Å²) in [5.74, 6) is 0.249. The molecule has 1 aromatic carbocycles. The number of nitrogens with two attached hydrogens (primary N) is 1. The predicted molar refractivity (Wildman–Crippen MR) is 108 cm³/mol. The van der Waals surface area contributed by atoms with Gasteiger partial charge in [-0.1, -0.05) is 6.92 Å². The molecule has 1 unspecified atom stereocenters. The first-order valence-corrected chi connectivity index (χ1v) is 10.6. The average Bonchev–Trinajstić information content (AvgIpc) is 3.02. The minimum atomic E-state index is -1.49. The van der Waals surface area contributed by atoms with E-state index in [0.717, 1.165) is 53.1 Å². The highest BCUT2D eigenvalue weighted by molar-refractivity contribution is 7.91. The summed E-state index contributed by atoms with van der Waals surface area (Å²) in [6.07, 6.45) is 2.16. The van der Waals surface area contributed by atoms with Crippen molar-refractivity contribution in [3.8, 4) is 0 Å². The maximum atomic E-state index is 13.8. The van der Waals surface area contributed by atoms with Crippen LogP contribution in [0.3, 0.4) is 0 Å². The fraction of sp³-hybridized carbons (Fsp3) is 0.400. The first-order chi connectivity index (χ1) is 13.3. The van der Waals surface area contributed by atoms with Crippen LogP contribution < -0.4 is 5.73 Å². The first-order valence-electron chi connectivity index (χ1n) is 9.28. The molecule has 8 heteroatoms. The van der Waals surface area contributed by atoms with Gasteiger partial charge in [-0.3, -0.25) is 0 Å². The van der Waals surface area contributed by atoms with E-state index in [2.05, 4.69) is 14.5 Å². The summed E-state index contributed by atoms with van der Waals surface area (Å²) in [6, 6.07) is 3.15. The molecule has 5 nitrogen and oxygen atoms in total. The molecule has 2 heterocycles. The molecule has 0 bridgehead atoms. The molecule has 2 aromatic heterocycles. The van der Waals surface area contributed by atoms with Gasteiger partial charge >= 0.3 is 0 Å². The van der Waals surface area contributed by atoms with E-state index in [1.807, 2.05) is 20.8 Å². The molecular weight excluding hydrogens is 382 g/mol. The summed E-state index contributed by atoms with van der Waals surface area (Å²) in [5, 5.41) is 0. The first kappa shape index (κ1) is 20.5.